The smallest absolute Gasteiger partial charge is 0.195 e. The summed E-state index contributed by atoms with van der Waals surface area (Å²) >= 11 is 1.41. The number of carbonyl (C=O) groups is 1. The molecule has 1 saturated carbocycles. The molecular formula is C21H24O2S. The van der Waals surface area contributed by atoms with Gasteiger partial charge in [0.15, 0.2) is 5.12 Å². The lowest BCUT2D eigenvalue weighted by Gasteiger charge is -2.14. The third-order valence-electron chi connectivity index (χ3n) is 5.16. The van der Waals surface area contributed by atoms with Gasteiger partial charge in [-0.1, -0.05) is 81.1 Å². The van der Waals surface area contributed by atoms with Gasteiger partial charge in [-0.05, 0) is 23.5 Å². The molecule has 1 atom stereocenters. The summed E-state index contributed by atoms with van der Waals surface area (Å²) in [5.74, 6) is 1.56. The Balaban J connectivity index is 1.56. The van der Waals surface area contributed by atoms with Gasteiger partial charge in [0.2, 0.25) is 0 Å². The Bertz CT molecular complexity index is 724. The summed E-state index contributed by atoms with van der Waals surface area (Å²) in [5, 5.41) is 0.299. The van der Waals surface area contributed by atoms with Crippen LogP contribution in [0.2, 0.25) is 0 Å². The molecule has 2 aromatic rings. The lowest BCUT2D eigenvalue weighted by Crippen LogP contribution is -2.16. The average Bonchev–Trinajstić information content (AvgIpc) is 3.12. The number of hydrogen-bond acceptors (Lipinski definition) is 3. The second-order valence-corrected chi connectivity index (χ2v) is 8.31. The van der Waals surface area contributed by atoms with Gasteiger partial charge >= 0.3 is 0 Å². The van der Waals surface area contributed by atoms with E-state index in [1.807, 2.05) is 36.4 Å². The van der Waals surface area contributed by atoms with Gasteiger partial charge in [0.25, 0.3) is 0 Å². The van der Waals surface area contributed by atoms with E-state index in [0.717, 1.165) is 23.3 Å². The molecular weight excluding hydrogens is 316 g/mol. The van der Waals surface area contributed by atoms with Crippen LogP contribution in [0.1, 0.15) is 27.2 Å². The van der Waals surface area contributed by atoms with E-state index >= 15 is 0 Å². The minimum Gasteiger partial charge on any atom is -0.492 e. The molecule has 0 aromatic heterocycles. The Kier molecular flexibility index (Phi) is 4.73. The fourth-order valence-corrected chi connectivity index (χ4v) is 4.10. The van der Waals surface area contributed by atoms with Crippen LogP contribution in [0, 0.1) is 10.8 Å². The summed E-state index contributed by atoms with van der Waals surface area (Å²) in [6, 6.07) is 18.3. The lowest BCUT2D eigenvalue weighted by molar-refractivity contribution is -0.116. The Hall–Kier alpha value is -1.74. The van der Waals surface area contributed by atoms with E-state index in [0.29, 0.717) is 17.5 Å². The number of carbonyl (C=O) groups excluding carboxylic acids is 1. The van der Waals surface area contributed by atoms with E-state index < -0.39 is 0 Å². The van der Waals surface area contributed by atoms with Crippen LogP contribution in [-0.2, 0) is 4.79 Å². The van der Waals surface area contributed by atoms with Gasteiger partial charge in [0.05, 0.1) is 6.61 Å². The van der Waals surface area contributed by atoms with Gasteiger partial charge < -0.3 is 4.74 Å². The van der Waals surface area contributed by atoms with Crippen LogP contribution in [0.15, 0.2) is 54.6 Å². The van der Waals surface area contributed by atoms with Crippen LogP contribution in [0.25, 0.3) is 11.1 Å². The molecule has 0 N–H and O–H groups in total. The zero-order chi connectivity index (χ0) is 17.2. The van der Waals surface area contributed by atoms with Gasteiger partial charge in [-0.15, -0.1) is 0 Å². The van der Waals surface area contributed by atoms with Gasteiger partial charge in [0, 0.05) is 16.7 Å². The fraction of sp³-hybridized carbons (Fsp3) is 0.381. The van der Waals surface area contributed by atoms with E-state index in [4.69, 9.17) is 4.74 Å². The topological polar surface area (TPSA) is 26.3 Å². The van der Waals surface area contributed by atoms with Crippen molar-refractivity contribution in [2.24, 2.45) is 10.8 Å². The Morgan fingerprint density at radius 2 is 1.67 bits per heavy atom. The minimum atomic E-state index is -0.153. The number of rotatable bonds is 6. The van der Waals surface area contributed by atoms with E-state index in [-0.39, 0.29) is 10.8 Å². The third-order valence-corrected chi connectivity index (χ3v) is 6.24. The molecule has 0 bridgehead atoms. The molecule has 2 aromatic carbocycles. The summed E-state index contributed by atoms with van der Waals surface area (Å²) < 4.78 is 5.95. The third kappa shape index (κ3) is 3.36. The molecule has 3 rings (SSSR count). The molecule has 3 heteroatoms. The van der Waals surface area contributed by atoms with Crippen molar-refractivity contribution in [1.29, 1.82) is 0 Å². The molecule has 1 aliphatic carbocycles. The number of para-hydroxylation sites is 1. The highest BCUT2D eigenvalue weighted by molar-refractivity contribution is 8.13. The van der Waals surface area contributed by atoms with Crippen molar-refractivity contribution in [2.45, 2.75) is 27.2 Å². The summed E-state index contributed by atoms with van der Waals surface area (Å²) in [6.45, 7) is 6.95. The molecule has 2 nitrogen and oxygen atoms in total. The van der Waals surface area contributed by atoms with Gasteiger partial charge in [-0.2, -0.15) is 0 Å². The van der Waals surface area contributed by atoms with E-state index in [9.17, 15) is 4.79 Å². The normalized spacial score (nSPS) is 21.3. The molecule has 1 fully saturated rings. The predicted molar refractivity (Wildman–Crippen MR) is 101 cm³/mol. The molecule has 0 amide bonds. The van der Waals surface area contributed by atoms with Crippen LogP contribution in [-0.4, -0.2) is 17.5 Å². The number of thioether (sulfide) groups is 1. The number of hydrogen-bond donors (Lipinski definition) is 0. The summed E-state index contributed by atoms with van der Waals surface area (Å²) in [4.78, 5) is 12.3. The quantitative estimate of drug-likeness (QED) is 0.656. The zero-order valence-corrected chi connectivity index (χ0v) is 15.4. The molecule has 0 radical (unpaired) electrons. The van der Waals surface area contributed by atoms with Crippen molar-refractivity contribution in [3.63, 3.8) is 0 Å². The standard InChI is InChI=1S/C21H24O2S/c1-20(2)15-21(20,3)19(22)24-14-13-23-18-12-8-7-11-17(18)16-9-5-4-6-10-16/h4-12H,13-15H2,1-3H3. The Morgan fingerprint density at radius 3 is 2.33 bits per heavy atom. The van der Waals surface area contributed by atoms with Crippen molar-refractivity contribution >= 4 is 16.9 Å². The molecule has 0 spiro atoms. The molecule has 0 saturated heterocycles. The van der Waals surface area contributed by atoms with E-state index in [1.54, 1.807) is 0 Å². The molecule has 1 aliphatic rings. The van der Waals surface area contributed by atoms with E-state index in [2.05, 4.69) is 39.0 Å². The second kappa shape index (κ2) is 6.64. The minimum absolute atomic E-state index is 0.151. The maximum absolute atomic E-state index is 12.3. The van der Waals surface area contributed by atoms with Gasteiger partial charge in [0.1, 0.15) is 5.75 Å². The maximum atomic E-state index is 12.3. The van der Waals surface area contributed by atoms with Crippen LogP contribution in [0.5, 0.6) is 5.75 Å². The summed E-state index contributed by atoms with van der Waals surface area (Å²) in [7, 11) is 0. The van der Waals surface area contributed by atoms with Crippen LogP contribution < -0.4 is 4.74 Å². The summed E-state index contributed by atoms with van der Waals surface area (Å²) in [6.07, 6.45) is 0.990. The summed E-state index contributed by atoms with van der Waals surface area (Å²) in [5.41, 5.74) is 2.23. The van der Waals surface area contributed by atoms with Crippen molar-refractivity contribution in [3.8, 4) is 16.9 Å². The van der Waals surface area contributed by atoms with E-state index in [1.165, 1.54) is 11.8 Å². The first-order valence-electron chi connectivity index (χ1n) is 8.38. The molecule has 24 heavy (non-hydrogen) atoms. The van der Waals surface area contributed by atoms with Crippen molar-refractivity contribution in [1.82, 2.24) is 0 Å². The van der Waals surface area contributed by atoms with Crippen LogP contribution in [0.3, 0.4) is 0 Å². The predicted octanol–water partition coefficient (Wildman–Crippen LogP) is 5.43. The highest BCUT2D eigenvalue weighted by atomic mass is 32.2. The number of ether oxygens (including phenoxy) is 1. The van der Waals surface area contributed by atoms with Crippen molar-refractivity contribution < 1.29 is 9.53 Å². The fourth-order valence-electron chi connectivity index (χ4n) is 3.08. The highest BCUT2D eigenvalue weighted by Gasteiger charge is 2.62. The number of benzene rings is 2. The molecule has 1 unspecified atom stereocenters. The zero-order valence-electron chi connectivity index (χ0n) is 14.5. The first kappa shape index (κ1) is 17.1. The Morgan fingerprint density at radius 1 is 1.04 bits per heavy atom. The Labute approximate surface area is 148 Å². The first-order chi connectivity index (χ1) is 11.4. The van der Waals surface area contributed by atoms with Crippen LogP contribution >= 0.6 is 11.8 Å². The first-order valence-corrected chi connectivity index (χ1v) is 9.37. The lowest BCUT2D eigenvalue weighted by atomic mass is 10.0. The molecule has 0 aliphatic heterocycles. The molecule has 0 heterocycles. The van der Waals surface area contributed by atoms with Crippen molar-refractivity contribution in [3.05, 3.63) is 54.6 Å². The van der Waals surface area contributed by atoms with Crippen molar-refractivity contribution in [2.75, 3.05) is 12.4 Å². The second-order valence-electron chi connectivity index (χ2n) is 7.24. The largest absolute Gasteiger partial charge is 0.492 e. The molecule has 126 valence electrons. The van der Waals surface area contributed by atoms with Gasteiger partial charge in [-0.25, -0.2) is 0 Å². The van der Waals surface area contributed by atoms with Crippen LogP contribution in [0.4, 0.5) is 0 Å². The van der Waals surface area contributed by atoms with Gasteiger partial charge in [-0.3, -0.25) is 4.79 Å². The maximum Gasteiger partial charge on any atom is 0.195 e. The highest BCUT2D eigenvalue weighted by Crippen LogP contribution is 2.64. The average molecular weight is 340 g/mol. The monoisotopic (exact) mass is 340 g/mol. The SMILES string of the molecule is CC1(C)CC1(C)C(=O)SCCOc1ccccc1-c1ccccc1.